The van der Waals surface area contributed by atoms with Crippen LogP contribution in [0, 0.1) is 0 Å². The summed E-state index contributed by atoms with van der Waals surface area (Å²) < 4.78 is 5.66. The summed E-state index contributed by atoms with van der Waals surface area (Å²) in [7, 11) is 4.42. The Morgan fingerprint density at radius 3 is 1.30 bits per heavy atom. The van der Waals surface area contributed by atoms with Crippen LogP contribution in [0.5, 0.6) is 0 Å². The van der Waals surface area contributed by atoms with E-state index in [0.29, 0.717) is 0 Å². The summed E-state index contributed by atoms with van der Waals surface area (Å²) >= 11 is 0.478. The number of anilines is 6. The summed E-state index contributed by atoms with van der Waals surface area (Å²) in [6, 6.07) is 39.1. The van der Waals surface area contributed by atoms with E-state index in [9.17, 15) is 0 Å². The van der Waals surface area contributed by atoms with Gasteiger partial charge in [-0.05, 0) is 0 Å². The van der Waals surface area contributed by atoms with Crippen molar-refractivity contribution in [1.29, 1.82) is 0 Å². The van der Waals surface area contributed by atoms with Crippen LogP contribution in [0.15, 0.2) is 122 Å². The van der Waals surface area contributed by atoms with Gasteiger partial charge in [-0.25, -0.2) is 0 Å². The van der Waals surface area contributed by atoms with Crippen LogP contribution in [0.25, 0.3) is 19.3 Å². The van der Waals surface area contributed by atoms with Gasteiger partial charge in [0.25, 0.3) is 0 Å². The molecule has 0 atom stereocenters. The van der Waals surface area contributed by atoms with Gasteiger partial charge in [0.2, 0.25) is 0 Å². The molecular formula is C34H26B2N6Se2. The fourth-order valence-corrected chi connectivity index (χ4v) is 11.7. The zero-order chi connectivity index (χ0) is 29.4. The number of hydrogen-bond donors (Lipinski definition) is 0. The minimum absolute atomic E-state index is 0.0657. The Morgan fingerprint density at radius 2 is 0.886 bits per heavy atom. The van der Waals surface area contributed by atoms with Crippen LogP contribution in [0.2, 0.25) is 0 Å². The molecule has 0 fully saturated rings. The van der Waals surface area contributed by atoms with Crippen molar-refractivity contribution in [2.24, 2.45) is 0 Å². The van der Waals surface area contributed by atoms with Crippen LogP contribution in [-0.2, 0) is 0 Å². The molecular weight excluding hydrogens is 672 g/mol. The molecule has 0 amide bonds. The molecule has 0 N–H and O–H groups in total. The van der Waals surface area contributed by atoms with Gasteiger partial charge in [-0.1, -0.05) is 0 Å². The van der Waals surface area contributed by atoms with Gasteiger partial charge in [0.1, 0.15) is 0 Å². The molecule has 0 unspecified atom stereocenters. The molecule has 210 valence electrons. The van der Waals surface area contributed by atoms with Gasteiger partial charge >= 0.3 is 270 Å². The second kappa shape index (κ2) is 10.2. The molecule has 0 bridgehead atoms. The molecule has 2 aliphatic rings. The predicted molar refractivity (Wildman–Crippen MR) is 189 cm³/mol. The zero-order valence-electron chi connectivity index (χ0n) is 24.2. The number of fused-ring (bicyclic) bond motifs is 6. The average molecular weight is 698 g/mol. The van der Waals surface area contributed by atoms with Crippen molar-refractivity contribution in [3.05, 3.63) is 122 Å². The van der Waals surface area contributed by atoms with Gasteiger partial charge in [-0.2, -0.15) is 0 Å². The molecule has 10 heteroatoms. The van der Waals surface area contributed by atoms with Crippen molar-refractivity contribution >= 4 is 105 Å². The van der Waals surface area contributed by atoms with Crippen LogP contribution < -0.4 is 30.4 Å². The molecule has 0 radical (unpaired) electrons. The van der Waals surface area contributed by atoms with Crippen LogP contribution in [0.3, 0.4) is 0 Å². The van der Waals surface area contributed by atoms with E-state index in [-0.39, 0.29) is 43.0 Å². The summed E-state index contributed by atoms with van der Waals surface area (Å²) in [5, 5.41) is 2.67. The van der Waals surface area contributed by atoms with Crippen molar-refractivity contribution in [1.82, 2.24) is 9.97 Å². The molecule has 0 saturated heterocycles. The molecule has 44 heavy (non-hydrogen) atoms. The Hall–Kier alpha value is -4.19. The molecule has 3 aromatic heterocycles. The van der Waals surface area contributed by atoms with Crippen LogP contribution in [-0.4, -0.2) is 67.0 Å². The van der Waals surface area contributed by atoms with E-state index in [4.69, 9.17) is 9.97 Å². The summed E-state index contributed by atoms with van der Waals surface area (Å²) in [5.41, 5.74) is 6.84. The third-order valence-electron chi connectivity index (χ3n) is 8.74. The number of para-hydroxylation sites is 2. The molecule has 4 aromatic carbocycles. The van der Waals surface area contributed by atoms with E-state index in [1.165, 1.54) is 51.2 Å². The van der Waals surface area contributed by atoms with E-state index in [1.807, 2.05) is 12.4 Å². The van der Waals surface area contributed by atoms with Crippen molar-refractivity contribution in [3.63, 3.8) is 0 Å². The number of benzene rings is 4. The van der Waals surface area contributed by atoms with E-state index < -0.39 is 0 Å². The zero-order valence-corrected chi connectivity index (χ0v) is 27.6. The second-order valence-electron chi connectivity index (χ2n) is 11.3. The third kappa shape index (κ3) is 3.82. The van der Waals surface area contributed by atoms with Gasteiger partial charge in [0.05, 0.1) is 0 Å². The van der Waals surface area contributed by atoms with Gasteiger partial charge in [-0.3, -0.25) is 0 Å². The molecule has 5 heterocycles. The van der Waals surface area contributed by atoms with Crippen LogP contribution in [0.4, 0.5) is 31.9 Å². The molecule has 7 aromatic rings. The second-order valence-corrected chi connectivity index (χ2v) is 15.6. The number of aromatic nitrogens is 2. The topological polar surface area (TPSA) is 38.7 Å². The molecule has 0 aliphatic carbocycles. The Kier molecular flexibility index (Phi) is 6.07. The van der Waals surface area contributed by atoms with Gasteiger partial charge in [0.15, 0.2) is 0 Å². The first-order chi connectivity index (χ1) is 21.7. The standard InChI is InChI=1S/C34H26B2N6Se2/c1-39-33-31(25-17-9-11-19-27(25)43-33)41(23-13-5-3-6-14-23)35(39)29-21-38-30(22-37-29)36-40(2)34-32(26-18-10-12-20-28(26)44-34)42(36)24-15-7-4-8-16-24/h3-22H,1-2H3. The molecule has 6 nitrogen and oxygen atoms in total. The van der Waals surface area contributed by atoms with E-state index >= 15 is 0 Å². The van der Waals surface area contributed by atoms with E-state index in [0.717, 1.165) is 11.2 Å². The quantitative estimate of drug-likeness (QED) is 0.245. The SMILES string of the molecule is CN1B(c2cnc(B3N(C)c4[se]c5ccccc5c4N3c3ccccc3)cn2)N(c2ccccc2)c2c1[se]c1ccccc21. The maximum absolute atomic E-state index is 5.18. The van der Waals surface area contributed by atoms with Gasteiger partial charge in [0, 0.05) is 0 Å². The summed E-state index contributed by atoms with van der Waals surface area (Å²) in [6.45, 7) is -0.131. The van der Waals surface area contributed by atoms with Crippen molar-refractivity contribution in [2.75, 3.05) is 33.3 Å². The molecule has 9 rings (SSSR count). The monoisotopic (exact) mass is 700 g/mol. The van der Waals surface area contributed by atoms with Crippen molar-refractivity contribution in [3.8, 4) is 0 Å². The van der Waals surface area contributed by atoms with Crippen LogP contribution >= 0.6 is 0 Å². The maximum atomic E-state index is 5.18. The van der Waals surface area contributed by atoms with Crippen molar-refractivity contribution in [2.45, 2.75) is 0 Å². The first-order valence-corrected chi connectivity index (χ1v) is 18.1. The Labute approximate surface area is 268 Å². The molecule has 0 spiro atoms. The summed E-state index contributed by atoms with van der Waals surface area (Å²) in [5.74, 6) is 0. The number of hydrogen-bond acceptors (Lipinski definition) is 6. The molecule has 2 aliphatic heterocycles. The first kappa shape index (κ1) is 26.2. The number of rotatable bonds is 4. The summed E-state index contributed by atoms with van der Waals surface area (Å²) in [4.78, 5) is 20.1. The van der Waals surface area contributed by atoms with Gasteiger partial charge < -0.3 is 0 Å². The number of nitrogens with zero attached hydrogens (tertiary/aromatic N) is 6. The fourth-order valence-electron chi connectivity index (χ4n) is 6.79. The van der Waals surface area contributed by atoms with Crippen molar-refractivity contribution < 1.29 is 0 Å². The summed E-state index contributed by atoms with van der Waals surface area (Å²) in [6.07, 6.45) is 4.01. The minimum atomic E-state index is -0.0657. The first-order valence-electron chi connectivity index (χ1n) is 14.7. The Bertz CT molecular complexity index is 2000. The molecule has 0 saturated carbocycles. The predicted octanol–water partition coefficient (Wildman–Crippen LogP) is 4.86. The third-order valence-corrected chi connectivity index (χ3v) is 14.0. The normalized spacial score (nSPS) is 14.3. The van der Waals surface area contributed by atoms with Crippen LogP contribution in [0.1, 0.15) is 0 Å². The van der Waals surface area contributed by atoms with E-state index in [1.54, 1.807) is 0 Å². The Morgan fingerprint density at radius 1 is 0.500 bits per heavy atom. The van der Waals surface area contributed by atoms with Gasteiger partial charge in [-0.15, -0.1) is 0 Å². The van der Waals surface area contributed by atoms with E-state index in [2.05, 4.69) is 143 Å². The fraction of sp³-hybridized carbons (Fsp3) is 0.0588. The Balaban J connectivity index is 1.14. The average Bonchev–Trinajstić information content (AvgIpc) is 3.80.